The number of rotatable bonds is 7. The van der Waals surface area contributed by atoms with Crippen molar-refractivity contribution in [3.8, 4) is 5.75 Å². The summed E-state index contributed by atoms with van der Waals surface area (Å²) in [6.45, 7) is 0.116. The van der Waals surface area contributed by atoms with Gasteiger partial charge in [0, 0.05) is 0 Å². The first-order valence-corrected chi connectivity index (χ1v) is 12.2. The van der Waals surface area contributed by atoms with Crippen LogP contribution in [0.1, 0.15) is 46.4 Å². The summed E-state index contributed by atoms with van der Waals surface area (Å²) in [4.78, 5) is 37.9. The van der Waals surface area contributed by atoms with E-state index in [0.29, 0.717) is 36.1 Å². The predicted molar refractivity (Wildman–Crippen MR) is 117 cm³/mol. The minimum absolute atomic E-state index is 0.0545. The minimum Gasteiger partial charge on any atom is -0.492 e. The molecule has 1 aliphatic heterocycles. The van der Waals surface area contributed by atoms with Gasteiger partial charge >= 0.3 is 0 Å². The van der Waals surface area contributed by atoms with Gasteiger partial charge in [-0.1, -0.05) is 25.0 Å². The van der Waals surface area contributed by atoms with E-state index in [-0.39, 0.29) is 29.9 Å². The molecule has 1 saturated carbocycles. The largest absolute Gasteiger partial charge is 0.492 e. The van der Waals surface area contributed by atoms with Crippen molar-refractivity contribution < 1.29 is 32.7 Å². The summed E-state index contributed by atoms with van der Waals surface area (Å²) in [5, 5.41) is 8.06. The molecule has 9 nitrogen and oxygen atoms in total. The number of hydroxylamine groups is 1. The molecule has 2 atom stereocenters. The molecule has 2 aromatic carbocycles. The van der Waals surface area contributed by atoms with Crippen LogP contribution in [0.2, 0.25) is 0 Å². The number of carbonyl (C=O) groups excluding carboxylic acids is 3. The van der Waals surface area contributed by atoms with E-state index in [2.05, 4.69) is 0 Å². The highest BCUT2D eigenvalue weighted by atomic mass is 32.2. The number of sulfone groups is 1. The average Bonchev–Trinajstić information content (AvgIpc) is 3.09. The number of hydrogen-bond donors (Lipinski definition) is 2. The molecule has 10 heteroatoms. The molecule has 2 aromatic rings. The smallest absolute Gasteiger partial charge is 0.261 e. The Hall–Kier alpha value is -3.24. The summed E-state index contributed by atoms with van der Waals surface area (Å²) >= 11 is 0. The van der Waals surface area contributed by atoms with Crippen LogP contribution >= 0.6 is 0 Å². The number of nitrogens with zero attached hydrogens (tertiary/aromatic N) is 1. The number of ether oxygens (including phenoxy) is 1. The van der Waals surface area contributed by atoms with E-state index >= 15 is 0 Å². The number of fused-ring (bicyclic) bond motifs is 1. The van der Waals surface area contributed by atoms with E-state index in [1.807, 2.05) is 0 Å². The number of imide groups is 1. The molecule has 3 amide bonds. The normalized spacial score (nSPS) is 20.5. The molecular weight excluding hydrogens is 448 g/mol. The van der Waals surface area contributed by atoms with Gasteiger partial charge < -0.3 is 4.74 Å². The molecular formula is C23H24N2O7S. The van der Waals surface area contributed by atoms with Crippen molar-refractivity contribution in [1.29, 1.82) is 0 Å². The molecule has 0 saturated heterocycles. The first-order chi connectivity index (χ1) is 15.8. The van der Waals surface area contributed by atoms with Crippen LogP contribution in [0.25, 0.3) is 0 Å². The molecule has 33 heavy (non-hydrogen) atoms. The molecule has 1 fully saturated rings. The number of amides is 3. The lowest BCUT2D eigenvalue weighted by Gasteiger charge is -2.29. The Morgan fingerprint density at radius 1 is 1.00 bits per heavy atom. The van der Waals surface area contributed by atoms with Gasteiger partial charge in [-0.3, -0.25) is 24.5 Å². The summed E-state index contributed by atoms with van der Waals surface area (Å²) in [5.74, 6) is -1.83. The molecule has 0 spiro atoms. The van der Waals surface area contributed by atoms with Crippen molar-refractivity contribution in [3.05, 3.63) is 59.7 Å². The van der Waals surface area contributed by atoms with Crippen LogP contribution in [-0.2, 0) is 14.6 Å². The Bertz CT molecular complexity index is 1140. The van der Waals surface area contributed by atoms with Gasteiger partial charge in [0.25, 0.3) is 11.8 Å². The molecule has 0 aromatic heterocycles. The van der Waals surface area contributed by atoms with E-state index in [1.165, 1.54) is 24.3 Å². The Labute approximate surface area is 191 Å². The van der Waals surface area contributed by atoms with Crippen molar-refractivity contribution in [2.45, 2.75) is 35.8 Å². The summed E-state index contributed by atoms with van der Waals surface area (Å²) < 4.78 is 31.8. The maximum atomic E-state index is 13.1. The fraction of sp³-hybridized carbons (Fsp3) is 0.348. The zero-order valence-corrected chi connectivity index (χ0v) is 18.6. The zero-order valence-electron chi connectivity index (χ0n) is 17.8. The Balaban J connectivity index is 1.39. The van der Waals surface area contributed by atoms with E-state index in [0.717, 1.165) is 11.3 Å². The van der Waals surface area contributed by atoms with Gasteiger partial charge in [0.15, 0.2) is 9.84 Å². The van der Waals surface area contributed by atoms with Crippen molar-refractivity contribution in [2.24, 2.45) is 5.92 Å². The van der Waals surface area contributed by atoms with Gasteiger partial charge in [0.05, 0.1) is 33.7 Å². The van der Waals surface area contributed by atoms with Crippen LogP contribution in [0.4, 0.5) is 0 Å². The summed E-state index contributed by atoms with van der Waals surface area (Å²) in [7, 11) is -3.79. The number of benzene rings is 2. The fourth-order valence-corrected chi connectivity index (χ4v) is 6.48. The summed E-state index contributed by atoms with van der Waals surface area (Å²) in [6, 6.07) is 12.4. The molecule has 174 valence electrons. The number of carbonyl (C=O) groups is 3. The van der Waals surface area contributed by atoms with Crippen LogP contribution < -0.4 is 10.2 Å². The third-order valence-electron chi connectivity index (χ3n) is 6.16. The Morgan fingerprint density at radius 2 is 1.61 bits per heavy atom. The average molecular weight is 473 g/mol. The second kappa shape index (κ2) is 9.32. The summed E-state index contributed by atoms with van der Waals surface area (Å²) in [6.07, 6.45) is 2.16. The topological polar surface area (TPSA) is 130 Å². The first-order valence-electron chi connectivity index (χ1n) is 10.7. The molecule has 2 N–H and O–H groups in total. The first kappa shape index (κ1) is 22.9. The van der Waals surface area contributed by atoms with E-state index in [1.54, 1.807) is 29.7 Å². The quantitative estimate of drug-likeness (QED) is 0.359. The second-order valence-electron chi connectivity index (χ2n) is 8.08. The standard InChI is InChI=1S/C23H24N2O7S/c26-21(24-29)19-7-3-4-8-20(19)33(30,31)16-11-9-15(10-12-16)32-14-13-25-22(27)17-5-1-2-6-18(17)23(25)28/h1-2,5-6,9-12,19-20,29H,3-4,7-8,13-14H2,(H,24,26). The fourth-order valence-electron chi connectivity index (χ4n) is 4.45. The third-order valence-corrected chi connectivity index (χ3v) is 8.45. The van der Waals surface area contributed by atoms with Crippen LogP contribution in [0.15, 0.2) is 53.4 Å². The molecule has 1 aliphatic carbocycles. The number of hydrogen-bond acceptors (Lipinski definition) is 7. The van der Waals surface area contributed by atoms with Crippen molar-refractivity contribution in [3.63, 3.8) is 0 Å². The van der Waals surface area contributed by atoms with E-state index in [4.69, 9.17) is 9.94 Å². The molecule has 1 heterocycles. The molecule has 4 rings (SSSR count). The lowest BCUT2D eigenvalue weighted by molar-refractivity contribution is -0.134. The van der Waals surface area contributed by atoms with Gasteiger partial charge in [-0.2, -0.15) is 0 Å². The van der Waals surface area contributed by atoms with Gasteiger partial charge in [0.1, 0.15) is 12.4 Å². The molecule has 2 aliphatic rings. The Kier molecular flexibility index (Phi) is 6.48. The van der Waals surface area contributed by atoms with Gasteiger partial charge in [-0.05, 0) is 49.2 Å². The van der Waals surface area contributed by atoms with Crippen LogP contribution in [0.5, 0.6) is 5.75 Å². The van der Waals surface area contributed by atoms with Crippen LogP contribution in [0.3, 0.4) is 0 Å². The summed E-state index contributed by atoms with van der Waals surface area (Å²) in [5.41, 5.74) is 2.32. The maximum absolute atomic E-state index is 13.1. The second-order valence-corrected chi connectivity index (χ2v) is 10.2. The van der Waals surface area contributed by atoms with Crippen molar-refractivity contribution in [2.75, 3.05) is 13.2 Å². The molecule has 0 bridgehead atoms. The highest BCUT2D eigenvalue weighted by Gasteiger charge is 2.40. The lowest BCUT2D eigenvalue weighted by atomic mass is 9.88. The Morgan fingerprint density at radius 3 is 2.21 bits per heavy atom. The monoisotopic (exact) mass is 472 g/mol. The van der Waals surface area contributed by atoms with Crippen LogP contribution in [-0.4, -0.2) is 54.6 Å². The minimum atomic E-state index is -3.79. The highest BCUT2D eigenvalue weighted by Crippen LogP contribution is 2.34. The van der Waals surface area contributed by atoms with Crippen LogP contribution in [0, 0.1) is 5.92 Å². The van der Waals surface area contributed by atoms with Crippen molar-refractivity contribution >= 4 is 27.6 Å². The third kappa shape index (κ3) is 4.36. The maximum Gasteiger partial charge on any atom is 0.261 e. The van der Waals surface area contributed by atoms with Gasteiger partial charge in [-0.25, -0.2) is 13.9 Å². The van der Waals surface area contributed by atoms with E-state index in [9.17, 15) is 22.8 Å². The van der Waals surface area contributed by atoms with Gasteiger partial charge in [-0.15, -0.1) is 0 Å². The van der Waals surface area contributed by atoms with Crippen molar-refractivity contribution in [1.82, 2.24) is 10.4 Å². The zero-order chi connectivity index (χ0) is 23.6. The molecule has 2 unspecified atom stereocenters. The van der Waals surface area contributed by atoms with E-state index < -0.39 is 26.9 Å². The highest BCUT2D eigenvalue weighted by molar-refractivity contribution is 7.92. The SMILES string of the molecule is O=C(NO)C1CCCCC1S(=O)(=O)c1ccc(OCCN2C(=O)c3ccccc3C2=O)cc1. The predicted octanol–water partition coefficient (Wildman–Crippen LogP) is 2.20. The number of nitrogens with one attached hydrogen (secondary N) is 1. The van der Waals surface area contributed by atoms with Gasteiger partial charge in [0.2, 0.25) is 5.91 Å². The lowest BCUT2D eigenvalue weighted by Crippen LogP contribution is -2.42. The molecule has 0 radical (unpaired) electrons.